The first-order chi connectivity index (χ1) is 10.9. The summed E-state index contributed by atoms with van der Waals surface area (Å²) in [6, 6.07) is 11.7. The van der Waals surface area contributed by atoms with Crippen LogP contribution < -0.4 is 10.0 Å². The molecule has 0 unspecified atom stereocenters. The van der Waals surface area contributed by atoms with Crippen LogP contribution in [0.1, 0.15) is 11.1 Å². The maximum absolute atomic E-state index is 11.4. The lowest BCUT2D eigenvalue weighted by molar-refractivity contribution is -0.384. The predicted molar refractivity (Wildman–Crippen MR) is 85.7 cm³/mol. The number of nitrogens with zero attached hydrogens (tertiary/aromatic N) is 2. The Bertz CT molecular complexity index is 880. The van der Waals surface area contributed by atoms with Crippen LogP contribution in [0.2, 0.25) is 0 Å². The summed E-state index contributed by atoms with van der Waals surface area (Å²) in [5.41, 5.74) is 2.49. The van der Waals surface area contributed by atoms with Gasteiger partial charge in [0.05, 0.1) is 9.82 Å². The second-order valence-electron chi connectivity index (χ2n) is 5.39. The van der Waals surface area contributed by atoms with Crippen molar-refractivity contribution in [1.82, 2.24) is 0 Å². The van der Waals surface area contributed by atoms with Crippen molar-refractivity contribution < 1.29 is 13.3 Å². The number of fused-ring (bicyclic) bond motifs is 1. The van der Waals surface area contributed by atoms with Gasteiger partial charge in [0, 0.05) is 19.2 Å². The zero-order valence-corrected chi connectivity index (χ0v) is 13.0. The number of anilines is 1. The van der Waals surface area contributed by atoms with E-state index in [-0.39, 0.29) is 10.6 Å². The van der Waals surface area contributed by atoms with Gasteiger partial charge in [0.15, 0.2) is 0 Å². The van der Waals surface area contributed by atoms with Gasteiger partial charge in [-0.1, -0.05) is 24.3 Å². The molecular formula is C15H15N3O4S. The van der Waals surface area contributed by atoms with Gasteiger partial charge >= 0.3 is 0 Å². The largest absolute Gasteiger partial charge is 0.361 e. The summed E-state index contributed by atoms with van der Waals surface area (Å²) in [5.74, 6) is 0. The quantitative estimate of drug-likeness (QED) is 0.681. The third-order valence-corrected chi connectivity index (χ3v) is 4.85. The van der Waals surface area contributed by atoms with Crippen LogP contribution in [-0.4, -0.2) is 19.9 Å². The van der Waals surface area contributed by atoms with E-state index in [1.54, 1.807) is 0 Å². The highest BCUT2D eigenvalue weighted by atomic mass is 32.2. The summed E-state index contributed by atoms with van der Waals surface area (Å²) in [4.78, 5) is 12.4. The van der Waals surface area contributed by atoms with E-state index in [0.29, 0.717) is 18.8 Å². The van der Waals surface area contributed by atoms with E-state index in [0.717, 1.165) is 18.1 Å². The van der Waals surface area contributed by atoms with E-state index in [1.807, 2.05) is 29.2 Å². The summed E-state index contributed by atoms with van der Waals surface area (Å²) >= 11 is 0. The Hall–Kier alpha value is -2.45. The van der Waals surface area contributed by atoms with Crippen molar-refractivity contribution in [1.29, 1.82) is 0 Å². The third kappa shape index (κ3) is 3.03. The van der Waals surface area contributed by atoms with Crippen molar-refractivity contribution in [2.45, 2.75) is 17.9 Å². The number of rotatable bonds is 3. The van der Waals surface area contributed by atoms with Crippen molar-refractivity contribution >= 4 is 21.4 Å². The van der Waals surface area contributed by atoms with Gasteiger partial charge in [0.2, 0.25) is 10.0 Å². The molecule has 0 radical (unpaired) electrons. The lowest BCUT2D eigenvalue weighted by Gasteiger charge is -2.30. The molecule has 120 valence electrons. The molecule has 0 aromatic heterocycles. The van der Waals surface area contributed by atoms with E-state index >= 15 is 0 Å². The van der Waals surface area contributed by atoms with Crippen LogP contribution in [0.5, 0.6) is 0 Å². The third-order valence-electron chi connectivity index (χ3n) is 3.94. The number of nitro groups is 1. The Morgan fingerprint density at radius 1 is 1.13 bits per heavy atom. The summed E-state index contributed by atoms with van der Waals surface area (Å²) < 4.78 is 22.8. The lowest BCUT2D eigenvalue weighted by Crippen LogP contribution is -2.30. The predicted octanol–water partition coefficient (Wildman–Crippen LogP) is 1.80. The highest BCUT2D eigenvalue weighted by Gasteiger charge is 2.25. The molecule has 0 amide bonds. The van der Waals surface area contributed by atoms with Gasteiger partial charge in [-0.05, 0) is 29.7 Å². The molecule has 2 aromatic rings. The molecule has 2 aromatic carbocycles. The Kier molecular flexibility index (Phi) is 3.78. The Labute approximate surface area is 133 Å². The van der Waals surface area contributed by atoms with Crippen molar-refractivity contribution in [3.05, 3.63) is 63.7 Å². The Morgan fingerprint density at radius 3 is 2.48 bits per heavy atom. The van der Waals surface area contributed by atoms with Crippen LogP contribution in [0.25, 0.3) is 0 Å². The number of hydrogen-bond acceptors (Lipinski definition) is 5. The van der Waals surface area contributed by atoms with E-state index < -0.39 is 14.9 Å². The highest BCUT2D eigenvalue weighted by molar-refractivity contribution is 7.89. The molecular weight excluding hydrogens is 318 g/mol. The van der Waals surface area contributed by atoms with Gasteiger partial charge in [-0.3, -0.25) is 10.1 Å². The molecule has 1 aliphatic heterocycles. The molecule has 7 nitrogen and oxygen atoms in total. The minimum absolute atomic E-state index is 0.254. The zero-order valence-electron chi connectivity index (χ0n) is 12.2. The van der Waals surface area contributed by atoms with Crippen LogP contribution >= 0.6 is 0 Å². The first kappa shape index (κ1) is 15.4. The number of nitrogens with two attached hydrogens (primary N) is 1. The minimum atomic E-state index is -3.98. The fraction of sp³-hybridized carbons (Fsp3) is 0.200. The fourth-order valence-electron chi connectivity index (χ4n) is 2.80. The van der Waals surface area contributed by atoms with Gasteiger partial charge in [0.1, 0.15) is 5.69 Å². The van der Waals surface area contributed by atoms with Gasteiger partial charge < -0.3 is 4.90 Å². The summed E-state index contributed by atoms with van der Waals surface area (Å²) in [5, 5.41) is 16.4. The van der Waals surface area contributed by atoms with Gasteiger partial charge in [0.25, 0.3) is 5.69 Å². The number of sulfonamides is 1. The molecule has 0 aliphatic carbocycles. The average Bonchev–Trinajstić information content (AvgIpc) is 2.53. The SMILES string of the molecule is NS(=O)(=O)c1ccc(N2CCc3ccccc3C2)c([N+](=O)[O-])c1. The summed E-state index contributed by atoms with van der Waals surface area (Å²) in [6.45, 7) is 1.18. The molecule has 0 saturated carbocycles. The molecule has 0 fully saturated rings. The smallest absolute Gasteiger partial charge is 0.293 e. The zero-order chi connectivity index (χ0) is 16.6. The van der Waals surface area contributed by atoms with Crippen molar-refractivity contribution in [2.75, 3.05) is 11.4 Å². The Balaban J connectivity index is 2.02. The molecule has 0 bridgehead atoms. The molecule has 1 aliphatic rings. The molecule has 1 heterocycles. The molecule has 2 N–H and O–H groups in total. The van der Waals surface area contributed by atoms with Crippen molar-refractivity contribution in [3.63, 3.8) is 0 Å². The molecule has 0 atom stereocenters. The molecule has 3 rings (SSSR count). The maximum Gasteiger partial charge on any atom is 0.293 e. The van der Waals surface area contributed by atoms with Crippen LogP contribution in [0.4, 0.5) is 11.4 Å². The number of hydrogen-bond donors (Lipinski definition) is 1. The molecule has 0 spiro atoms. The van der Waals surface area contributed by atoms with Crippen LogP contribution in [0.3, 0.4) is 0 Å². The first-order valence-corrected chi connectivity index (χ1v) is 8.54. The maximum atomic E-state index is 11.4. The summed E-state index contributed by atoms with van der Waals surface area (Å²) in [6.07, 6.45) is 0.782. The summed E-state index contributed by atoms with van der Waals surface area (Å²) in [7, 11) is -3.98. The molecule has 23 heavy (non-hydrogen) atoms. The van der Waals surface area contributed by atoms with E-state index in [2.05, 4.69) is 0 Å². The van der Waals surface area contributed by atoms with Crippen LogP contribution in [0, 0.1) is 10.1 Å². The van der Waals surface area contributed by atoms with Crippen LogP contribution in [0.15, 0.2) is 47.4 Å². The van der Waals surface area contributed by atoms with E-state index in [9.17, 15) is 18.5 Å². The van der Waals surface area contributed by atoms with Gasteiger partial charge in [-0.25, -0.2) is 13.6 Å². The number of nitro benzene ring substituents is 1. The monoisotopic (exact) mass is 333 g/mol. The van der Waals surface area contributed by atoms with Gasteiger partial charge in [-0.15, -0.1) is 0 Å². The average molecular weight is 333 g/mol. The lowest BCUT2D eigenvalue weighted by atomic mass is 9.99. The molecule has 0 saturated heterocycles. The second-order valence-corrected chi connectivity index (χ2v) is 6.95. The molecule has 8 heteroatoms. The highest BCUT2D eigenvalue weighted by Crippen LogP contribution is 2.33. The normalized spacial score (nSPS) is 14.4. The number of benzene rings is 2. The van der Waals surface area contributed by atoms with E-state index in [4.69, 9.17) is 5.14 Å². The standard InChI is InChI=1S/C15H15N3O4S/c16-23(21,22)13-5-6-14(15(9-13)18(19)20)17-8-7-11-3-1-2-4-12(11)10-17/h1-6,9H,7-8,10H2,(H2,16,21,22). The van der Waals surface area contributed by atoms with Crippen LogP contribution in [-0.2, 0) is 23.0 Å². The van der Waals surface area contributed by atoms with Crippen molar-refractivity contribution in [2.24, 2.45) is 5.14 Å². The van der Waals surface area contributed by atoms with E-state index in [1.165, 1.54) is 17.7 Å². The fourth-order valence-corrected chi connectivity index (χ4v) is 3.33. The van der Waals surface area contributed by atoms with Gasteiger partial charge in [-0.2, -0.15) is 0 Å². The first-order valence-electron chi connectivity index (χ1n) is 6.99. The Morgan fingerprint density at radius 2 is 1.83 bits per heavy atom. The second kappa shape index (κ2) is 5.64. The number of primary sulfonamides is 1. The topological polar surface area (TPSA) is 107 Å². The minimum Gasteiger partial charge on any atom is -0.361 e. The van der Waals surface area contributed by atoms with Crippen molar-refractivity contribution in [3.8, 4) is 0 Å².